The number of carbonyl (C=O) groups excluding carboxylic acids is 2. The van der Waals surface area contributed by atoms with Gasteiger partial charge in [0, 0.05) is 25.6 Å². The number of para-hydroxylation sites is 1. The highest BCUT2D eigenvalue weighted by molar-refractivity contribution is 6.03. The minimum absolute atomic E-state index is 0.136. The molecule has 0 radical (unpaired) electrons. The fraction of sp³-hybridized carbons (Fsp3) is 0.429. The third-order valence-corrected chi connectivity index (χ3v) is 3.28. The summed E-state index contributed by atoms with van der Waals surface area (Å²) in [6.07, 6.45) is 1.96. The standard InChI is InChI=1S/C14H18N2O2/c1-3-6-13(17)12-9-10-7-4-5-8-11(10)16(12)14(18)15-2/h4-5,7-8,12H,3,6,9H2,1-2H3,(H,15,18)/t12-/m1/s1. The molecule has 1 N–H and O–H groups in total. The van der Waals surface area contributed by atoms with Crippen LogP contribution >= 0.6 is 0 Å². The van der Waals surface area contributed by atoms with Crippen LogP contribution < -0.4 is 10.2 Å². The highest BCUT2D eigenvalue weighted by atomic mass is 16.2. The first-order valence-corrected chi connectivity index (χ1v) is 6.30. The van der Waals surface area contributed by atoms with Gasteiger partial charge in [-0.2, -0.15) is 0 Å². The first-order valence-electron chi connectivity index (χ1n) is 6.30. The van der Waals surface area contributed by atoms with Gasteiger partial charge in [-0.05, 0) is 18.1 Å². The first kappa shape index (κ1) is 12.6. The number of hydrogen-bond acceptors (Lipinski definition) is 2. The van der Waals surface area contributed by atoms with E-state index in [1.165, 1.54) is 0 Å². The Bertz CT molecular complexity index is 471. The second-order valence-electron chi connectivity index (χ2n) is 4.49. The summed E-state index contributed by atoms with van der Waals surface area (Å²) in [5, 5.41) is 2.61. The smallest absolute Gasteiger partial charge is 0.322 e. The molecule has 2 rings (SSSR count). The van der Waals surface area contributed by atoms with Gasteiger partial charge in [-0.3, -0.25) is 9.69 Å². The SMILES string of the molecule is CCCC(=O)[C@H]1Cc2ccccc2N1C(=O)NC. The van der Waals surface area contributed by atoms with Gasteiger partial charge >= 0.3 is 6.03 Å². The van der Waals surface area contributed by atoms with Crippen molar-refractivity contribution in [2.75, 3.05) is 11.9 Å². The van der Waals surface area contributed by atoms with Crippen molar-refractivity contribution in [3.05, 3.63) is 29.8 Å². The second kappa shape index (κ2) is 5.21. The van der Waals surface area contributed by atoms with E-state index in [2.05, 4.69) is 5.32 Å². The lowest BCUT2D eigenvalue weighted by molar-refractivity contribution is -0.120. The average Bonchev–Trinajstić information content (AvgIpc) is 2.77. The molecule has 0 fully saturated rings. The summed E-state index contributed by atoms with van der Waals surface area (Å²) in [6.45, 7) is 1.98. The van der Waals surface area contributed by atoms with Crippen molar-refractivity contribution in [2.45, 2.75) is 32.2 Å². The molecule has 1 aromatic carbocycles. The van der Waals surface area contributed by atoms with Gasteiger partial charge in [0.05, 0.1) is 0 Å². The number of ketones is 1. The molecule has 1 aliphatic rings. The maximum Gasteiger partial charge on any atom is 0.322 e. The maximum atomic E-state index is 12.1. The Labute approximate surface area is 107 Å². The molecule has 4 nitrogen and oxygen atoms in total. The summed E-state index contributed by atoms with van der Waals surface area (Å²) in [5.74, 6) is 0.136. The third kappa shape index (κ3) is 2.10. The van der Waals surface area contributed by atoms with E-state index in [0.717, 1.165) is 17.7 Å². The molecular weight excluding hydrogens is 228 g/mol. The van der Waals surface area contributed by atoms with E-state index in [1.807, 2.05) is 31.2 Å². The van der Waals surface area contributed by atoms with E-state index in [4.69, 9.17) is 0 Å². The van der Waals surface area contributed by atoms with Crippen LogP contribution in [0, 0.1) is 0 Å². The normalized spacial score (nSPS) is 17.4. The van der Waals surface area contributed by atoms with Gasteiger partial charge < -0.3 is 5.32 Å². The summed E-state index contributed by atoms with van der Waals surface area (Å²) in [7, 11) is 1.59. The summed E-state index contributed by atoms with van der Waals surface area (Å²) in [4.78, 5) is 25.7. The van der Waals surface area contributed by atoms with Crippen LogP contribution in [0.5, 0.6) is 0 Å². The van der Waals surface area contributed by atoms with Gasteiger partial charge in [-0.15, -0.1) is 0 Å². The Morgan fingerprint density at radius 1 is 1.39 bits per heavy atom. The number of nitrogens with zero attached hydrogens (tertiary/aromatic N) is 1. The molecule has 1 atom stereocenters. The largest absolute Gasteiger partial charge is 0.341 e. The van der Waals surface area contributed by atoms with Crippen LogP contribution in [0.4, 0.5) is 10.5 Å². The first-order chi connectivity index (χ1) is 8.69. The minimum atomic E-state index is -0.345. The summed E-state index contributed by atoms with van der Waals surface area (Å²) < 4.78 is 0. The van der Waals surface area contributed by atoms with Gasteiger partial charge in [0.1, 0.15) is 6.04 Å². The zero-order chi connectivity index (χ0) is 13.1. The lowest BCUT2D eigenvalue weighted by Crippen LogP contribution is -2.46. The number of fused-ring (bicyclic) bond motifs is 1. The predicted octanol–water partition coefficient (Wildman–Crippen LogP) is 2.13. The Morgan fingerprint density at radius 3 is 2.78 bits per heavy atom. The number of carbonyl (C=O) groups is 2. The van der Waals surface area contributed by atoms with Crippen molar-refractivity contribution >= 4 is 17.5 Å². The summed E-state index contributed by atoms with van der Waals surface area (Å²) in [6, 6.07) is 7.14. The van der Waals surface area contributed by atoms with Crippen molar-refractivity contribution in [1.82, 2.24) is 5.32 Å². The van der Waals surface area contributed by atoms with E-state index >= 15 is 0 Å². The van der Waals surface area contributed by atoms with Crippen LogP contribution in [-0.2, 0) is 11.2 Å². The number of rotatable bonds is 3. The minimum Gasteiger partial charge on any atom is -0.341 e. The fourth-order valence-electron chi connectivity index (χ4n) is 2.43. The Balaban J connectivity index is 2.33. The molecule has 0 aliphatic carbocycles. The van der Waals surface area contributed by atoms with Gasteiger partial charge in [0.2, 0.25) is 0 Å². The fourth-order valence-corrected chi connectivity index (χ4v) is 2.43. The number of urea groups is 1. The van der Waals surface area contributed by atoms with Gasteiger partial charge in [0.25, 0.3) is 0 Å². The zero-order valence-electron chi connectivity index (χ0n) is 10.8. The Hall–Kier alpha value is -1.84. The number of nitrogens with one attached hydrogen (secondary N) is 1. The van der Waals surface area contributed by atoms with Crippen molar-refractivity contribution in [3.63, 3.8) is 0 Å². The monoisotopic (exact) mass is 246 g/mol. The highest BCUT2D eigenvalue weighted by Crippen LogP contribution is 2.32. The molecule has 1 aromatic rings. The topological polar surface area (TPSA) is 49.4 Å². The lowest BCUT2D eigenvalue weighted by atomic mass is 10.0. The second-order valence-corrected chi connectivity index (χ2v) is 4.49. The van der Waals surface area contributed by atoms with Crippen LogP contribution in [0.25, 0.3) is 0 Å². The average molecular weight is 246 g/mol. The van der Waals surface area contributed by atoms with Gasteiger partial charge in [-0.25, -0.2) is 4.79 Å². The summed E-state index contributed by atoms with van der Waals surface area (Å²) in [5.41, 5.74) is 1.92. The van der Waals surface area contributed by atoms with Crippen LogP contribution in [-0.4, -0.2) is 24.9 Å². The predicted molar refractivity (Wildman–Crippen MR) is 70.8 cm³/mol. The molecule has 0 saturated carbocycles. The van der Waals surface area contributed by atoms with Crippen LogP contribution in [0.2, 0.25) is 0 Å². The molecular formula is C14H18N2O2. The molecule has 4 heteroatoms. The number of anilines is 1. The Kier molecular flexibility index (Phi) is 3.65. The quantitative estimate of drug-likeness (QED) is 0.888. The molecule has 18 heavy (non-hydrogen) atoms. The number of Topliss-reactive ketones (excluding diaryl/α,β-unsaturated/α-hetero) is 1. The van der Waals surface area contributed by atoms with Crippen LogP contribution in [0.1, 0.15) is 25.3 Å². The van der Waals surface area contributed by atoms with Crippen molar-refractivity contribution in [3.8, 4) is 0 Å². The maximum absolute atomic E-state index is 12.1. The van der Waals surface area contributed by atoms with Crippen molar-refractivity contribution in [1.29, 1.82) is 0 Å². The van der Waals surface area contributed by atoms with E-state index < -0.39 is 0 Å². The molecule has 1 aliphatic heterocycles. The lowest BCUT2D eigenvalue weighted by Gasteiger charge is -2.24. The molecule has 0 aromatic heterocycles. The number of amides is 2. The molecule has 0 saturated heterocycles. The van der Waals surface area contributed by atoms with Crippen LogP contribution in [0.3, 0.4) is 0 Å². The molecule has 1 heterocycles. The van der Waals surface area contributed by atoms with Crippen LogP contribution in [0.15, 0.2) is 24.3 Å². The van der Waals surface area contributed by atoms with E-state index in [1.54, 1.807) is 11.9 Å². The number of hydrogen-bond donors (Lipinski definition) is 1. The molecule has 2 amide bonds. The Morgan fingerprint density at radius 2 is 2.11 bits per heavy atom. The highest BCUT2D eigenvalue weighted by Gasteiger charge is 2.36. The molecule has 0 bridgehead atoms. The summed E-state index contributed by atoms with van der Waals surface area (Å²) >= 11 is 0. The molecule has 0 spiro atoms. The molecule has 0 unspecified atom stereocenters. The zero-order valence-corrected chi connectivity index (χ0v) is 10.8. The van der Waals surface area contributed by atoms with Gasteiger partial charge in [0.15, 0.2) is 5.78 Å². The van der Waals surface area contributed by atoms with Crippen molar-refractivity contribution < 1.29 is 9.59 Å². The molecule has 96 valence electrons. The van der Waals surface area contributed by atoms with E-state index in [9.17, 15) is 9.59 Å². The third-order valence-electron chi connectivity index (χ3n) is 3.28. The number of benzene rings is 1. The van der Waals surface area contributed by atoms with Crippen molar-refractivity contribution in [2.24, 2.45) is 0 Å². The van der Waals surface area contributed by atoms with E-state index in [-0.39, 0.29) is 17.9 Å². The van der Waals surface area contributed by atoms with Gasteiger partial charge in [-0.1, -0.05) is 25.1 Å². The van der Waals surface area contributed by atoms with E-state index in [0.29, 0.717) is 12.8 Å².